The van der Waals surface area contributed by atoms with Crippen molar-refractivity contribution in [3.8, 4) is 17.2 Å². The normalized spacial score (nSPS) is 26.0. The van der Waals surface area contributed by atoms with E-state index in [1.807, 2.05) is 12.1 Å². The summed E-state index contributed by atoms with van der Waals surface area (Å²) in [5.74, 6) is -0.546. The topological polar surface area (TPSA) is 203 Å². The van der Waals surface area contributed by atoms with Crippen LogP contribution in [0.4, 0.5) is 5.69 Å². The van der Waals surface area contributed by atoms with E-state index in [1.54, 1.807) is 0 Å². The van der Waals surface area contributed by atoms with Crippen molar-refractivity contribution in [2.75, 3.05) is 12.3 Å². The van der Waals surface area contributed by atoms with Gasteiger partial charge < -0.3 is 41.4 Å². The fourth-order valence-corrected chi connectivity index (χ4v) is 8.46. The number of rotatable bonds is 14. The van der Waals surface area contributed by atoms with Crippen LogP contribution in [0.15, 0.2) is 30.3 Å². The lowest BCUT2D eigenvalue weighted by molar-refractivity contribution is -0.135. The van der Waals surface area contributed by atoms with Crippen LogP contribution in [-0.2, 0) is 20.7 Å². The molecule has 3 aliphatic rings. The number of ketones is 1. The zero-order valence-electron chi connectivity index (χ0n) is 27.0. The Balaban J connectivity index is 0.993. The van der Waals surface area contributed by atoms with Crippen LogP contribution in [0.2, 0.25) is 0 Å². The van der Waals surface area contributed by atoms with E-state index in [1.165, 1.54) is 23.3 Å². The highest BCUT2D eigenvalue weighted by Gasteiger charge is 2.55. The molecule has 11 nitrogen and oxygen atoms in total. The zero-order valence-corrected chi connectivity index (χ0v) is 27.0. The number of carbonyl (C=O) groups excluding carboxylic acids is 3. The summed E-state index contributed by atoms with van der Waals surface area (Å²) < 4.78 is 11.5. The number of nitrogen functional groups attached to an aromatic ring is 1. The Kier molecular flexibility index (Phi) is 10.8. The van der Waals surface area contributed by atoms with E-state index >= 15 is 0 Å². The van der Waals surface area contributed by atoms with Gasteiger partial charge in [-0.2, -0.15) is 0 Å². The molecule has 7 unspecified atom stereocenters. The second-order valence-corrected chi connectivity index (χ2v) is 13.8. The molecule has 0 aromatic heterocycles. The molecule has 8 N–H and O–H groups in total. The lowest BCUT2D eigenvalue weighted by Gasteiger charge is -2.50. The van der Waals surface area contributed by atoms with Gasteiger partial charge in [-0.25, -0.2) is 0 Å². The van der Waals surface area contributed by atoms with E-state index in [2.05, 4.69) is 13.0 Å². The van der Waals surface area contributed by atoms with Gasteiger partial charge >= 0.3 is 5.97 Å². The van der Waals surface area contributed by atoms with Gasteiger partial charge in [-0.05, 0) is 116 Å². The van der Waals surface area contributed by atoms with Gasteiger partial charge in [0.1, 0.15) is 22.8 Å². The predicted octanol–water partition coefficient (Wildman–Crippen LogP) is 4.26. The number of hydrogen-bond acceptors (Lipinski definition) is 10. The summed E-state index contributed by atoms with van der Waals surface area (Å²) in [6.45, 7) is 2.89. The predicted molar refractivity (Wildman–Crippen MR) is 174 cm³/mol. The van der Waals surface area contributed by atoms with Crippen molar-refractivity contribution in [2.24, 2.45) is 23.0 Å². The number of esters is 1. The molecule has 0 bridgehead atoms. The first-order valence-corrected chi connectivity index (χ1v) is 16.8. The summed E-state index contributed by atoms with van der Waals surface area (Å²) in [6, 6.07) is 8.37. The number of phenolic OH excluding ortho intramolecular Hbond substituents is 1. The third-order valence-electron chi connectivity index (χ3n) is 11.0. The number of aryl methyl sites for hydroxylation is 1. The van der Waals surface area contributed by atoms with Crippen molar-refractivity contribution < 1.29 is 44.3 Å². The Labute approximate surface area is 275 Å². The highest BCUT2D eigenvalue weighted by molar-refractivity contribution is 6.00. The second kappa shape index (κ2) is 14.6. The molecule has 256 valence electrons. The molecular weight excluding hydrogens is 604 g/mol. The largest absolute Gasteiger partial charge is 0.508 e. The lowest BCUT2D eigenvalue weighted by Crippen LogP contribution is -2.44. The van der Waals surface area contributed by atoms with Crippen molar-refractivity contribution >= 4 is 23.3 Å². The van der Waals surface area contributed by atoms with E-state index in [0.717, 1.165) is 38.5 Å². The maximum atomic E-state index is 12.5. The number of anilines is 1. The van der Waals surface area contributed by atoms with E-state index in [4.69, 9.17) is 20.9 Å². The molecule has 2 aromatic rings. The molecule has 0 saturated heterocycles. The summed E-state index contributed by atoms with van der Waals surface area (Å²) in [5, 5.41) is 40.6. The Bertz CT molecular complexity index is 1480. The van der Waals surface area contributed by atoms with Gasteiger partial charge in [0.25, 0.3) is 5.91 Å². The van der Waals surface area contributed by atoms with E-state index in [9.17, 15) is 34.8 Å². The molecule has 3 aliphatic carbocycles. The summed E-state index contributed by atoms with van der Waals surface area (Å²) >= 11 is 0. The standard InChI is InChI=1S/C36H48N2O9/c1-36-17-16-24-23-8-5-22(40)19-20(23)4-7-25(24)26(36)9-14-31(36)46-18-2-3-21(39)6-11-28(41)29(42)12-15-32(43)47-30-13-10-27(37)34(44)33(30)35(38)45/h5,8,10,13,19,24-26,28-29,31,40-42,44H,2-4,6-7,9,11-12,14-18,37H2,1H3,(H2,38,45). The van der Waals surface area contributed by atoms with Crippen LogP contribution in [0.1, 0.15) is 105 Å². The maximum absolute atomic E-state index is 12.5. The van der Waals surface area contributed by atoms with Crippen LogP contribution in [0.25, 0.3) is 0 Å². The van der Waals surface area contributed by atoms with Gasteiger partial charge in [-0.3, -0.25) is 14.4 Å². The summed E-state index contributed by atoms with van der Waals surface area (Å²) in [6.07, 6.45) is 4.98. The summed E-state index contributed by atoms with van der Waals surface area (Å²) in [7, 11) is 0. The molecule has 2 saturated carbocycles. The third kappa shape index (κ3) is 7.58. The number of hydrogen-bond donors (Lipinski definition) is 6. The van der Waals surface area contributed by atoms with Crippen molar-refractivity contribution in [3.05, 3.63) is 47.0 Å². The number of aromatic hydroxyl groups is 2. The number of aliphatic hydroxyl groups is 2. The average Bonchev–Trinajstić information content (AvgIpc) is 3.38. The summed E-state index contributed by atoms with van der Waals surface area (Å²) in [4.78, 5) is 36.5. The molecule has 0 radical (unpaired) electrons. The Morgan fingerprint density at radius 2 is 1.72 bits per heavy atom. The van der Waals surface area contributed by atoms with Gasteiger partial charge in [-0.15, -0.1) is 0 Å². The molecule has 0 aliphatic heterocycles. The Morgan fingerprint density at radius 3 is 2.47 bits per heavy atom. The van der Waals surface area contributed by atoms with Crippen molar-refractivity contribution in [2.45, 2.75) is 108 Å². The number of ether oxygens (including phenoxy) is 2. The number of primary amides is 1. The van der Waals surface area contributed by atoms with E-state index in [-0.39, 0.29) is 54.4 Å². The molecule has 0 heterocycles. The SMILES string of the molecule is CC12CCC3c4ccc(O)cc4CCC3C1CCC2OCCCC(=O)CCC(O)C(O)CCC(=O)Oc1ccc(N)c(O)c1C(N)=O. The average molecular weight is 653 g/mol. The summed E-state index contributed by atoms with van der Waals surface area (Å²) in [5.41, 5.74) is 13.1. The number of carbonyl (C=O) groups is 3. The fourth-order valence-electron chi connectivity index (χ4n) is 8.46. The number of Topliss-reactive ketones (excluding diaryl/α,β-unsaturated/α-hetero) is 1. The highest BCUT2D eigenvalue weighted by atomic mass is 16.5. The molecule has 1 amide bonds. The maximum Gasteiger partial charge on any atom is 0.311 e. The van der Waals surface area contributed by atoms with Crippen LogP contribution >= 0.6 is 0 Å². The highest BCUT2D eigenvalue weighted by Crippen LogP contribution is 2.61. The molecule has 7 atom stereocenters. The van der Waals surface area contributed by atoms with E-state index < -0.39 is 35.4 Å². The van der Waals surface area contributed by atoms with Crippen molar-refractivity contribution in [1.82, 2.24) is 0 Å². The molecule has 5 rings (SSSR count). The number of nitrogens with two attached hydrogens (primary N) is 2. The first-order valence-electron chi connectivity index (χ1n) is 16.8. The van der Waals surface area contributed by atoms with Crippen LogP contribution in [0, 0.1) is 17.3 Å². The molecule has 2 aromatic carbocycles. The first kappa shape index (κ1) is 34.7. The minimum absolute atomic E-state index is 0.0238. The number of aliphatic hydroxyl groups excluding tert-OH is 2. The quantitative estimate of drug-likeness (QED) is 0.0563. The molecule has 0 spiro atoms. The number of fused-ring (bicyclic) bond motifs is 5. The Hall–Kier alpha value is -3.67. The second-order valence-electron chi connectivity index (χ2n) is 13.8. The van der Waals surface area contributed by atoms with Crippen molar-refractivity contribution in [1.29, 1.82) is 0 Å². The van der Waals surface area contributed by atoms with Crippen LogP contribution in [-0.4, -0.2) is 63.0 Å². The van der Waals surface area contributed by atoms with Gasteiger partial charge in [0.05, 0.1) is 24.0 Å². The van der Waals surface area contributed by atoms with Gasteiger partial charge in [-0.1, -0.05) is 13.0 Å². The lowest BCUT2D eigenvalue weighted by atomic mass is 9.55. The van der Waals surface area contributed by atoms with Crippen LogP contribution < -0.4 is 16.2 Å². The van der Waals surface area contributed by atoms with Crippen molar-refractivity contribution in [3.63, 3.8) is 0 Å². The minimum Gasteiger partial charge on any atom is -0.508 e. The third-order valence-corrected chi connectivity index (χ3v) is 11.0. The van der Waals surface area contributed by atoms with Crippen LogP contribution in [0.3, 0.4) is 0 Å². The van der Waals surface area contributed by atoms with E-state index in [0.29, 0.717) is 43.0 Å². The number of phenols is 2. The number of amides is 1. The molecule has 11 heteroatoms. The first-order chi connectivity index (χ1) is 22.4. The van der Waals surface area contributed by atoms with Gasteiger partial charge in [0, 0.05) is 25.9 Å². The zero-order chi connectivity index (χ0) is 33.9. The van der Waals surface area contributed by atoms with Gasteiger partial charge in [0.2, 0.25) is 0 Å². The molecule has 47 heavy (non-hydrogen) atoms. The van der Waals surface area contributed by atoms with Crippen LogP contribution in [0.5, 0.6) is 17.2 Å². The smallest absolute Gasteiger partial charge is 0.311 e. The monoisotopic (exact) mass is 652 g/mol. The molecule has 2 fully saturated rings. The fraction of sp³-hybridized carbons (Fsp3) is 0.583. The van der Waals surface area contributed by atoms with Gasteiger partial charge in [0.15, 0.2) is 5.75 Å². The molecular formula is C36H48N2O9. The Morgan fingerprint density at radius 1 is 0.979 bits per heavy atom. The minimum atomic E-state index is -1.26. The number of benzene rings is 2.